The minimum atomic E-state index is -4.62. The normalized spacial score (nSPS) is 14.2. The topological polar surface area (TPSA) is 119 Å². The zero-order valence-corrected chi connectivity index (χ0v) is 25.1. The van der Waals surface area contributed by atoms with Crippen molar-refractivity contribution in [2.75, 3.05) is 50.9 Å². The number of carbonyl (C=O) groups is 1. The van der Waals surface area contributed by atoms with E-state index < -0.39 is 17.6 Å². The Morgan fingerprint density at radius 1 is 1.09 bits per heavy atom. The number of anilines is 2. The summed E-state index contributed by atoms with van der Waals surface area (Å²) >= 11 is 0. The fraction of sp³-hybridized carbons (Fsp3) is 0.281. The maximum atomic E-state index is 14.1. The van der Waals surface area contributed by atoms with Gasteiger partial charge in [-0.25, -0.2) is 4.98 Å². The van der Waals surface area contributed by atoms with Gasteiger partial charge in [-0.15, -0.1) is 0 Å². The lowest BCUT2D eigenvalue weighted by Crippen LogP contribution is -2.44. The Balaban J connectivity index is 1.39. The van der Waals surface area contributed by atoms with Crippen LogP contribution in [0.25, 0.3) is 11.4 Å². The second-order valence-electron chi connectivity index (χ2n) is 10.7. The number of aromatic nitrogens is 3. The van der Waals surface area contributed by atoms with Gasteiger partial charge in [0.1, 0.15) is 11.6 Å². The third-order valence-electron chi connectivity index (χ3n) is 7.53. The van der Waals surface area contributed by atoms with E-state index in [9.17, 15) is 18.0 Å². The molecule has 1 aliphatic heterocycles. The molecule has 0 atom stereocenters. The summed E-state index contributed by atoms with van der Waals surface area (Å²) in [5.74, 6) is 0.423. The number of likely N-dealkylation sites (N-methyl/N-ethyl adjacent to an activating group) is 1. The van der Waals surface area contributed by atoms with Gasteiger partial charge in [0, 0.05) is 81.3 Å². The molecule has 1 aliphatic rings. The number of nitrogens with zero attached hydrogens (tertiary/aromatic N) is 5. The monoisotopic (exact) mass is 618 g/mol. The van der Waals surface area contributed by atoms with Gasteiger partial charge in [0.15, 0.2) is 5.82 Å². The molecule has 2 aromatic heterocycles. The Labute approximate surface area is 258 Å². The molecule has 0 spiro atoms. The molecule has 0 unspecified atom stereocenters. The first-order chi connectivity index (χ1) is 21.5. The van der Waals surface area contributed by atoms with Crippen LogP contribution in [0, 0.1) is 12.3 Å². The summed E-state index contributed by atoms with van der Waals surface area (Å²) in [4.78, 5) is 30.4. The Kier molecular flexibility index (Phi) is 9.40. The van der Waals surface area contributed by atoms with Gasteiger partial charge in [0.05, 0.1) is 11.1 Å². The molecule has 45 heavy (non-hydrogen) atoms. The molecule has 13 heteroatoms. The van der Waals surface area contributed by atoms with Crippen LogP contribution >= 0.6 is 0 Å². The molecule has 3 N–H and O–H groups in total. The van der Waals surface area contributed by atoms with E-state index in [2.05, 4.69) is 30.5 Å². The van der Waals surface area contributed by atoms with Crippen LogP contribution in [0.15, 0.2) is 60.9 Å². The van der Waals surface area contributed by atoms with E-state index in [1.54, 1.807) is 56.7 Å². The van der Waals surface area contributed by atoms with Gasteiger partial charge in [0.2, 0.25) is 5.88 Å². The smallest absolute Gasteiger partial charge is 0.416 e. The van der Waals surface area contributed by atoms with Crippen LogP contribution in [0.2, 0.25) is 0 Å². The number of nitrogens with one attached hydrogen (secondary N) is 3. The largest absolute Gasteiger partial charge is 0.438 e. The van der Waals surface area contributed by atoms with E-state index in [0.717, 1.165) is 25.4 Å². The fourth-order valence-electron chi connectivity index (χ4n) is 4.93. The predicted octanol–water partition coefficient (Wildman–Crippen LogP) is 5.70. The van der Waals surface area contributed by atoms with Crippen molar-refractivity contribution >= 4 is 23.6 Å². The van der Waals surface area contributed by atoms with Gasteiger partial charge in [0.25, 0.3) is 5.91 Å². The summed E-state index contributed by atoms with van der Waals surface area (Å²) in [5.41, 5.74) is 1.14. The first-order valence-corrected chi connectivity index (χ1v) is 14.3. The van der Waals surface area contributed by atoms with E-state index in [4.69, 9.17) is 10.1 Å². The van der Waals surface area contributed by atoms with Crippen LogP contribution in [0.4, 0.5) is 24.7 Å². The first-order valence-electron chi connectivity index (χ1n) is 14.3. The van der Waals surface area contributed by atoms with Gasteiger partial charge in [-0.3, -0.25) is 14.7 Å². The molecule has 0 radical (unpaired) electrons. The minimum absolute atomic E-state index is 0.0977. The fourth-order valence-corrected chi connectivity index (χ4v) is 4.93. The lowest BCUT2D eigenvalue weighted by Gasteiger charge is -2.33. The average molecular weight is 619 g/mol. The number of rotatable bonds is 9. The van der Waals surface area contributed by atoms with E-state index >= 15 is 0 Å². The summed E-state index contributed by atoms with van der Waals surface area (Å²) in [6.07, 6.45) is -0.316. The van der Waals surface area contributed by atoms with E-state index in [-0.39, 0.29) is 23.6 Å². The SMILES string of the molecule is CNc1nc(-c2cccnc2)nc(Oc2cc(NC(=O)c3ccc(CN4CCN(C)CC4)c(C(F)(F)F)c3)ccc2C)c1C=N. The van der Waals surface area contributed by atoms with Crippen molar-refractivity contribution in [3.05, 3.63) is 88.7 Å². The number of carbonyl (C=O) groups excluding carboxylic acids is 1. The summed E-state index contributed by atoms with van der Waals surface area (Å²) in [7, 11) is 3.65. The van der Waals surface area contributed by atoms with Crippen LogP contribution in [0.3, 0.4) is 0 Å². The third kappa shape index (κ3) is 7.44. The van der Waals surface area contributed by atoms with Crippen molar-refractivity contribution in [1.29, 1.82) is 5.41 Å². The highest BCUT2D eigenvalue weighted by Gasteiger charge is 2.34. The molecule has 10 nitrogen and oxygen atoms in total. The van der Waals surface area contributed by atoms with Gasteiger partial charge in [-0.2, -0.15) is 18.2 Å². The highest BCUT2D eigenvalue weighted by atomic mass is 19.4. The number of piperazine rings is 1. The Bertz CT molecular complexity index is 1690. The Hall–Kier alpha value is -4.88. The maximum absolute atomic E-state index is 14.1. The average Bonchev–Trinajstić information content (AvgIpc) is 3.03. The molecule has 5 rings (SSSR count). The summed E-state index contributed by atoms with van der Waals surface area (Å²) < 4.78 is 48.4. The zero-order valence-electron chi connectivity index (χ0n) is 25.1. The molecule has 0 aliphatic carbocycles. The highest BCUT2D eigenvalue weighted by molar-refractivity contribution is 6.04. The highest BCUT2D eigenvalue weighted by Crippen LogP contribution is 2.35. The Morgan fingerprint density at radius 2 is 1.87 bits per heavy atom. The van der Waals surface area contributed by atoms with Crippen LogP contribution in [0.5, 0.6) is 11.6 Å². The number of halogens is 3. The second-order valence-corrected chi connectivity index (χ2v) is 10.7. The molecule has 0 bridgehead atoms. The van der Waals surface area contributed by atoms with Crippen LogP contribution in [-0.4, -0.2) is 77.1 Å². The van der Waals surface area contributed by atoms with Crippen LogP contribution in [-0.2, 0) is 12.7 Å². The molecule has 2 aromatic carbocycles. The van der Waals surface area contributed by atoms with Crippen LogP contribution < -0.4 is 15.4 Å². The van der Waals surface area contributed by atoms with Gasteiger partial charge in [-0.05, 0) is 55.4 Å². The van der Waals surface area contributed by atoms with Gasteiger partial charge >= 0.3 is 6.18 Å². The molecule has 1 saturated heterocycles. The summed E-state index contributed by atoms with van der Waals surface area (Å²) in [6.45, 7) is 4.86. The van der Waals surface area contributed by atoms with Crippen molar-refractivity contribution in [2.24, 2.45) is 0 Å². The Morgan fingerprint density at radius 3 is 2.53 bits per heavy atom. The van der Waals surface area contributed by atoms with Gasteiger partial charge in [-0.1, -0.05) is 12.1 Å². The number of aryl methyl sites for hydroxylation is 1. The van der Waals surface area contributed by atoms with Crippen molar-refractivity contribution in [2.45, 2.75) is 19.6 Å². The molecule has 3 heterocycles. The molecule has 0 saturated carbocycles. The molecule has 4 aromatic rings. The molecule has 1 fully saturated rings. The molecule has 1 amide bonds. The maximum Gasteiger partial charge on any atom is 0.416 e. The quantitative estimate of drug-likeness (QED) is 0.205. The number of amides is 1. The van der Waals surface area contributed by atoms with E-state index in [0.29, 0.717) is 52.9 Å². The minimum Gasteiger partial charge on any atom is -0.438 e. The van der Waals surface area contributed by atoms with E-state index in [1.165, 1.54) is 12.1 Å². The van der Waals surface area contributed by atoms with Crippen molar-refractivity contribution < 1.29 is 22.7 Å². The van der Waals surface area contributed by atoms with Crippen molar-refractivity contribution in [3.8, 4) is 23.0 Å². The molecular weight excluding hydrogens is 585 g/mol. The molecule has 234 valence electrons. The number of hydrogen-bond donors (Lipinski definition) is 3. The number of alkyl halides is 3. The number of ether oxygens (including phenoxy) is 1. The first kappa shape index (κ1) is 31.5. The summed E-state index contributed by atoms with van der Waals surface area (Å²) in [5, 5.41) is 13.6. The summed E-state index contributed by atoms with van der Waals surface area (Å²) in [6, 6.07) is 12.1. The number of pyridine rings is 1. The molecular formula is C32H33F3N8O2. The lowest BCUT2D eigenvalue weighted by molar-refractivity contribution is -0.138. The van der Waals surface area contributed by atoms with Crippen molar-refractivity contribution in [1.82, 2.24) is 24.8 Å². The second kappa shape index (κ2) is 13.4. The number of benzene rings is 2. The zero-order chi connectivity index (χ0) is 32.1. The standard InChI is InChI=1S/C32H33F3N8O2/c1-20-6-9-24(16-27(20)45-31-25(17-36)29(37-2)40-28(41-31)22-5-4-10-38-18-22)39-30(44)21-7-8-23(26(15-21)32(33,34)35)19-43-13-11-42(3)12-14-43/h4-10,15-18,36H,11-14,19H2,1-3H3,(H,39,44)(H,37,40,41). The van der Waals surface area contributed by atoms with E-state index in [1.807, 2.05) is 11.9 Å². The lowest BCUT2D eigenvalue weighted by atomic mass is 10.0. The van der Waals surface area contributed by atoms with Crippen molar-refractivity contribution in [3.63, 3.8) is 0 Å². The predicted molar refractivity (Wildman–Crippen MR) is 166 cm³/mol. The third-order valence-corrected chi connectivity index (χ3v) is 7.53. The van der Waals surface area contributed by atoms with Gasteiger partial charge < -0.3 is 25.7 Å². The van der Waals surface area contributed by atoms with Crippen LogP contribution in [0.1, 0.15) is 32.6 Å². The number of hydrogen-bond acceptors (Lipinski definition) is 9.